The molecule has 0 aliphatic carbocycles. The Bertz CT molecular complexity index is 1550. The lowest BCUT2D eigenvalue weighted by atomic mass is 9.92. The lowest BCUT2D eigenvalue weighted by Gasteiger charge is -2.27. The van der Waals surface area contributed by atoms with E-state index >= 15 is 0 Å². The smallest absolute Gasteiger partial charge is 0.450 e. The second-order valence-corrected chi connectivity index (χ2v) is 15.7. The van der Waals surface area contributed by atoms with Crippen molar-refractivity contribution < 1.29 is 57.3 Å². The summed E-state index contributed by atoms with van der Waals surface area (Å²) < 4.78 is 117. The van der Waals surface area contributed by atoms with Gasteiger partial charge in [0.05, 0.1) is 12.1 Å². The summed E-state index contributed by atoms with van der Waals surface area (Å²) in [5.74, 6) is 0. The van der Waals surface area contributed by atoms with Gasteiger partial charge in [-0.3, -0.25) is 0 Å². The van der Waals surface area contributed by atoms with Gasteiger partial charge in [-0.25, -0.2) is 26.2 Å². The van der Waals surface area contributed by atoms with Crippen LogP contribution < -0.4 is 9.88 Å². The van der Waals surface area contributed by atoms with Crippen molar-refractivity contribution in [1.82, 2.24) is 5.32 Å². The lowest BCUT2D eigenvalue weighted by Crippen LogP contribution is -2.41. The Morgan fingerprint density at radius 3 is 1.80 bits per heavy atom. The highest BCUT2D eigenvalue weighted by Gasteiger charge is 2.47. The number of nitrogens with one attached hydrogen (secondary N) is 1. The third-order valence-corrected chi connectivity index (χ3v) is 10.1. The van der Waals surface area contributed by atoms with E-state index in [1.54, 1.807) is 0 Å². The quantitative estimate of drug-likeness (QED) is 0.0920. The monoisotopic (exact) mass is 759 g/mol. The third-order valence-electron chi connectivity index (χ3n) is 7.32. The number of rotatable bonds is 18. The van der Waals surface area contributed by atoms with E-state index in [-0.39, 0.29) is 6.09 Å². The molecule has 0 fully saturated rings. The van der Waals surface area contributed by atoms with Crippen LogP contribution in [0.1, 0.15) is 102 Å². The number of unbranched alkanes of at least 4 members (excludes halogenated alkanes) is 9. The van der Waals surface area contributed by atoms with Gasteiger partial charge in [0.25, 0.3) is 0 Å². The van der Waals surface area contributed by atoms with E-state index in [1.165, 1.54) is 56.9 Å². The third kappa shape index (κ3) is 16.7. The second-order valence-electron chi connectivity index (χ2n) is 12.3. The number of hydrogen-bond donors (Lipinski definition) is 1. The number of ether oxygens (including phenoxy) is 1. The van der Waals surface area contributed by atoms with Crippen molar-refractivity contribution in [3.8, 4) is 0 Å². The van der Waals surface area contributed by atoms with E-state index in [0.29, 0.717) is 6.61 Å². The normalized spacial score (nSPS) is 12.5. The first-order valence-electron chi connectivity index (χ1n) is 16.0. The molecule has 0 atom stereocenters. The molecular formula is C33H47F6N3O6S2. The SMILES string of the molecule is C=C(C)c1cccc(C(C)(C)NC(=O)OCCCCCCCCCCCC[n+]2cccc(C)c2)c1.O=S(=O)([N-]S(=O)(=O)C(F)(F)F)C(F)(F)F. The molecule has 284 valence electrons. The number of hydrogen-bond acceptors (Lipinski definition) is 6. The number of pyridine rings is 1. The fraction of sp³-hybridized carbons (Fsp3) is 0.576. The van der Waals surface area contributed by atoms with Gasteiger partial charge >= 0.3 is 17.1 Å². The minimum Gasteiger partial charge on any atom is -0.450 e. The summed E-state index contributed by atoms with van der Waals surface area (Å²) in [7, 11) is -13.4. The molecule has 1 N–H and O–H groups in total. The second kappa shape index (κ2) is 20.0. The molecule has 0 spiro atoms. The van der Waals surface area contributed by atoms with Crippen LogP contribution in [0, 0.1) is 6.92 Å². The van der Waals surface area contributed by atoms with Crippen molar-refractivity contribution in [2.24, 2.45) is 0 Å². The van der Waals surface area contributed by atoms with Crippen LogP contribution in [0.15, 0.2) is 55.4 Å². The van der Waals surface area contributed by atoms with Crippen LogP contribution in [0.5, 0.6) is 0 Å². The first kappa shape index (κ1) is 44.8. The molecule has 0 unspecified atom stereocenters. The summed E-state index contributed by atoms with van der Waals surface area (Å²) in [6, 6.07) is 12.4. The number of aromatic nitrogens is 1. The zero-order valence-corrected chi connectivity index (χ0v) is 30.4. The Kier molecular flexibility index (Phi) is 17.9. The van der Waals surface area contributed by atoms with Gasteiger partial charge in [-0.1, -0.05) is 75.3 Å². The number of amides is 1. The predicted octanol–water partition coefficient (Wildman–Crippen LogP) is 8.94. The Balaban J connectivity index is 0.000000700. The number of sulfonamides is 2. The van der Waals surface area contributed by atoms with E-state index in [9.17, 15) is 48.0 Å². The van der Waals surface area contributed by atoms with Crippen LogP contribution in [0.2, 0.25) is 0 Å². The van der Waals surface area contributed by atoms with Crippen LogP contribution in [0.3, 0.4) is 0 Å². The Hall–Kier alpha value is -3.18. The van der Waals surface area contributed by atoms with Crippen LogP contribution >= 0.6 is 0 Å². The summed E-state index contributed by atoms with van der Waals surface area (Å²) >= 11 is 0. The van der Waals surface area contributed by atoms with Gasteiger partial charge in [-0.2, -0.15) is 26.3 Å². The number of nitrogens with zero attached hydrogens (tertiary/aromatic N) is 2. The van der Waals surface area contributed by atoms with E-state index in [0.717, 1.165) is 40.2 Å². The van der Waals surface area contributed by atoms with Crippen molar-refractivity contribution in [3.63, 3.8) is 0 Å². The highest BCUT2D eigenvalue weighted by atomic mass is 32.3. The number of aryl methyl sites for hydroxylation is 2. The highest BCUT2D eigenvalue weighted by Crippen LogP contribution is 2.36. The summed E-state index contributed by atoms with van der Waals surface area (Å²) in [4.78, 5) is 12.3. The molecule has 1 amide bonds. The minimum atomic E-state index is -6.72. The Labute approximate surface area is 291 Å². The molecule has 0 aliphatic heterocycles. The van der Waals surface area contributed by atoms with Crippen molar-refractivity contribution in [3.05, 3.63) is 76.2 Å². The van der Waals surface area contributed by atoms with Crippen LogP contribution in [0.4, 0.5) is 31.1 Å². The van der Waals surface area contributed by atoms with Gasteiger partial charge in [-0.05, 0) is 63.8 Å². The molecule has 0 aliphatic rings. The zero-order chi connectivity index (χ0) is 38.2. The number of halogens is 6. The molecule has 1 heterocycles. The Morgan fingerprint density at radius 1 is 0.820 bits per heavy atom. The minimum absolute atomic E-state index is 0.350. The number of carbonyl (C=O) groups is 1. The first-order valence-corrected chi connectivity index (χ1v) is 18.9. The van der Waals surface area contributed by atoms with Crippen LogP contribution in [-0.2, 0) is 36.9 Å². The lowest BCUT2D eigenvalue weighted by molar-refractivity contribution is -0.697. The van der Waals surface area contributed by atoms with Gasteiger partial charge in [0.1, 0.15) is 6.54 Å². The van der Waals surface area contributed by atoms with Gasteiger partial charge in [-0.15, -0.1) is 0 Å². The maximum absolute atomic E-state index is 12.3. The van der Waals surface area contributed by atoms with E-state index in [1.807, 2.05) is 39.0 Å². The predicted molar refractivity (Wildman–Crippen MR) is 180 cm³/mol. The standard InChI is InChI=1S/C31H46N2O2.C2F6NO4S2/c1-26(2)28-19-16-20-29(24-28)31(4,5)32-30(34)35-23-15-13-11-9-7-6-8-10-12-14-21-33-22-17-18-27(3)25-33;3-1(4,5)14(10,11)9-15(12,13)2(6,7)8/h16-20,22,24-25H,1,6-15,21,23H2,2-5H3;/q;-1/p+1. The van der Waals surface area contributed by atoms with Gasteiger partial charge in [0, 0.05) is 18.1 Å². The number of allylic oxidation sites excluding steroid dienone is 1. The number of alkyl halides is 6. The van der Waals surface area contributed by atoms with E-state index in [4.69, 9.17) is 4.74 Å². The van der Waals surface area contributed by atoms with Crippen LogP contribution in [-0.4, -0.2) is 40.6 Å². The molecule has 17 heteroatoms. The van der Waals surface area contributed by atoms with Crippen molar-refractivity contribution in [2.75, 3.05) is 6.61 Å². The molecule has 0 saturated carbocycles. The molecule has 2 rings (SSSR count). The van der Waals surface area contributed by atoms with Crippen LogP contribution in [0.25, 0.3) is 9.70 Å². The zero-order valence-electron chi connectivity index (χ0n) is 28.7. The summed E-state index contributed by atoms with van der Waals surface area (Å²) in [5, 5.41) is 3.00. The summed E-state index contributed by atoms with van der Waals surface area (Å²) in [5.41, 5.74) is -8.44. The molecule has 1 aromatic carbocycles. The number of benzene rings is 1. The summed E-state index contributed by atoms with van der Waals surface area (Å²) in [6.45, 7) is 13.7. The molecule has 0 bridgehead atoms. The maximum atomic E-state index is 12.3. The average Bonchev–Trinajstić information content (AvgIpc) is 2.98. The fourth-order valence-electron chi connectivity index (χ4n) is 4.52. The van der Waals surface area contributed by atoms with Crippen molar-refractivity contribution >= 4 is 31.7 Å². The van der Waals surface area contributed by atoms with Gasteiger partial charge in [0.15, 0.2) is 32.4 Å². The molecule has 0 saturated heterocycles. The van der Waals surface area contributed by atoms with Gasteiger partial charge < -0.3 is 14.2 Å². The first-order chi connectivity index (χ1) is 23.0. The maximum Gasteiger partial charge on any atom is 0.480 e. The van der Waals surface area contributed by atoms with Crippen molar-refractivity contribution in [1.29, 1.82) is 0 Å². The summed E-state index contributed by atoms with van der Waals surface area (Å²) in [6.07, 6.45) is 16.5. The highest BCUT2D eigenvalue weighted by molar-refractivity contribution is 8.13. The fourth-order valence-corrected chi connectivity index (χ4v) is 6.23. The van der Waals surface area contributed by atoms with E-state index < -0.39 is 36.6 Å². The molecule has 2 aromatic rings. The molecule has 0 radical (unpaired) electrons. The topological polar surface area (TPSA) is 125 Å². The molecule has 9 nitrogen and oxygen atoms in total. The molecular weight excluding hydrogens is 713 g/mol. The van der Waals surface area contributed by atoms with E-state index in [2.05, 4.69) is 54.0 Å². The number of carbonyl (C=O) groups excluding carboxylic acids is 1. The molecule has 50 heavy (non-hydrogen) atoms. The largest absolute Gasteiger partial charge is 0.480 e. The Morgan fingerprint density at radius 2 is 1.32 bits per heavy atom. The number of alkyl carbamates (subject to hydrolysis) is 1. The van der Waals surface area contributed by atoms with Crippen molar-refractivity contribution in [2.45, 2.75) is 115 Å². The van der Waals surface area contributed by atoms with Gasteiger partial charge in [0.2, 0.25) is 0 Å². The average molecular weight is 760 g/mol. The molecule has 1 aromatic heterocycles.